The first-order chi connectivity index (χ1) is 18.7. The Bertz CT molecular complexity index is 1610. The molecule has 1 N–H and O–H groups in total. The van der Waals surface area contributed by atoms with Crippen LogP contribution in [0.4, 0.5) is 5.69 Å². The van der Waals surface area contributed by atoms with Gasteiger partial charge >= 0.3 is 0 Å². The van der Waals surface area contributed by atoms with Crippen molar-refractivity contribution in [3.05, 3.63) is 81.8 Å². The average Bonchev–Trinajstić information content (AvgIpc) is 3.56. The van der Waals surface area contributed by atoms with Crippen LogP contribution in [0.25, 0.3) is 11.2 Å². The van der Waals surface area contributed by atoms with Crippen molar-refractivity contribution >= 4 is 34.4 Å². The number of carbonyl (C=O) groups is 1. The third-order valence-electron chi connectivity index (χ3n) is 7.87. The van der Waals surface area contributed by atoms with Crippen LogP contribution in [0, 0.1) is 19.8 Å². The number of aryl methyl sites for hydroxylation is 2. The van der Waals surface area contributed by atoms with E-state index in [9.17, 15) is 4.79 Å². The molecular formula is C30H34ClN7O. The first-order valence-electron chi connectivity index (χ1n) is 13.6. The van der Waals surface area contributed by atoms with E-state index < -0.39 is 0 Å². The van der Waals surface area contributed by atoms with Gasteiger partial charge < -0.3 is 9.88 Å². The molecule has 2 aliphatic heterocycles. The second kappa shape index (κ2) is 9.61. The fourth-order valence-corrected chi connectivity index (χ4v) is 6.04. The van der Waals surface area contributed by atoms with E-state index in [0.29, 0.717) is 16.6 Å². The van der Waals surface area contributed by atoms with Crippen LogP contribution in [0.1, 0.15) is 85.2 Å². The minimum absolute atomic E-state index is 0.106. The van der Waals surface area contributed by atoms with Gasteiger partial charge in [0.05, 0.1) is 11.4 Å². The van der Waals surface area contributed by atoms with Crippen LogP contribution < -0.4 is 10.2 Å². The highest BCUT2D eigenvalue weighted by molar-refractivity contribution is 6.30. The molecule has 2 aliphatic rings. The third kappa shape index (κ3) is 4.17. The third-order valence-corrected chi connectivity index (χ3v) is 8.12. The Morgan fingerprint density at radius 3 is 2.51 bits per heavy atom. The smallest absolute Gasteiger partial charge is 0.279 e. The monoisotopic (exact) mass is 543 g/mol. The van der Waals surface area contributed by atoms with E-state index >= 15 is 0 Å². The minimum Gasteiger partial charge on any atom is -0.323 e. The fraction of sp³-hybridized carbons (Fsp3) is 0.400. The molecule has 0 spiro atoms. The van der Waals surface area contributed by atoms with Gasteiger partial charge in [0.2, 0.25) is 0 Å². The Morgan fingerprint density at radius 1 is 1.08 bits per heavy atom. The van der Waals surface area contributed by atoms with Crippen molar-refractivity contribution in [1.82, 2.24) is 29.5 Å². The van der Waals surface area contributed by atoms with Crippen LogP contribution in [0.2, 0.25) is 5.02 Å². The normalized spacial score (nSPS) is 19.5. The van der Waals surface area contributed by atoms with Gasteiger partial charge in [-0.15, -0.1) is 10.2 Å². The molecule has 2 atom stereocenters. The zero-order valence-corrected chi connectivity index (χ0v) is 24.0. The Hall–Kier alpha value is -3.49. The lowest BCUT2D eigenvalue weighted by molar-refractivity contribution is 0.0989. The number of anilines is 1. The lowest BCUT2D eigenvalue weighted by Crippen LogP contribution is -2.36. The van der Waals surface area contributed by atoms with Crippen molar-refractivity contribution in [1.29, 1.82) is 0 Å². The van der Waals surface area contributed by atoms with Gasteiger partial charge in [0.15, 0.2) is 11.3 Å². The van der Waals surface area contributed by atoms with Gasteiger partial charge in [-0.2, -0.15) is 0 Å². The molecule has 202 valence electrons. The van der Waals surface area contributed by atoms with E-state index in [1.54, 1.807) is 0 Å². The molecule has 0 saturated heterocycles. The number of amides is 1. The number of nitrogens with zero attached hydrogens (tertiary/aromatic N) is 6. The van der Waals surface area contributed by atoms with E-state index in [1.165, 1.54) is 5.57 Å². The first-order valence-corrected chi connectivity index (χ1v) is 14.0. The Morgan fingerprint density at radius 2 is 1.82 bits per heavy atom. The zero-order valence-electron chi connectivity index (χ0n) is 23.2. The average molecular weight is 544 g/mol. The number of fused-ring (bicyclic) bond motifs is 2. The number of benzene rings is 1. The zero-order chi connectivity index (χ0) is 27.6. The highest BCUT2D eigenvalue weighted by Gasteiger charge is 2.45. The molecule has 0 aliphatic carbocycles. The van der Waals surface area contributed by atoms with Crippen molar-refractivity contribution in [2.75, 3.05) is 11.4 Å². The molecule has 0 bridgehead atoms. The largest absolute Gasteiger partial charge is 0.323 e. The number of halogens is 1. The number of aromatic nitrogens is 5. The van der Waals surface area contributed by atoms with Crippen molar-refractivity contribution in [2.45, 2.75) is 66.1 Å². The summed E-state index contributed by atoms with van der Waals surface area (Å²) in [4.78, 5) is 21.3. The lowest BCUT2D eigenvalue weighted by Gasteiger charge is -2.30. The molecule has 8 nitrogen and oxygen atoms in total. The summed E-state index contributed by atoms with van der Waals surface area (Å²) in [5.74, 6) is 2.03. The molecule has 0 radical (unpaired) electrons. The van der Waals surface area contributed by atoms with E-state index in [-0.39, 0.29) is 24.0 Å². The van der Waals surface area contributed by atoms with Crippen molar-refractivity contribution in [3.63, 3.8) is 0 Å². The lowest BCUT2D eigenvalue weighted by atomic mass is 9.96. The summed E-state index contributed by atoms with van der Waals surface area (Å²) < 4.78 is 4.22. The van der Waals surface area contributed by atoms with Gasteiger partial charge in [-0.3, -0.25) is 14.1 Å². The van der Waals surface area contributed by atoms with Crippen LogP contribution in [0.5, 0.6) is 0 Å². The standard InChI is InChI=1S/C30H34ClN7O/c1-16(2)24-14-21(11-12-32-24)29-33-25-27(37(29)17(3)4)26(20-7-9-22(31)10-8-20)38(30(25)39)23-13-18(5)28-35-34-19(6)36(28)15-23/h7-10,13-17,24,26,32H,11-12H2,1-6H3. The molecule has 3 aromatic heterocycles. The number of nitrogens with one attached hydrogen (secondary N) is 1. The minimum atomic E-state index is -0.356. The molecular weight excluding hydrogens is 510 g/mol. The summed E-state index contributed by atoms with van der Waals surface area (Å²) in [6.07, 6.45) is 5.13. The Labute approximate surface area is 233 Å². The molecule has 6 rings (SSSR count). The summed E-state index contributed by atoms with van der Waals surface area (Å²) in [5, 5.41) is 12.8. The first kappa shape index (κ1) is 25.8. The van der Waals surface area contributed by atoms with Crippen LogP contribution in [0.3, 0.4) is 0 Å². The van der Waals surface area contributed by atoms with Crippen LogP contribution in [-0.2, 0) is 0 Å². The highest BCUT2D eigenvalue weighted by atomic mass is 35.5. The number of hydrogen-bond acceptors (Lipinski definition) is 5. The van der Waals surface area contributed by atoms with Crippen LogP contribution in [0.15, 0.2) is 42.6 Å². The molecule has 1 amide bonds. The van der Waals surface area contributed by atoms with Crippen LogP contribution >= 0.6 is 11.6 Å². The van der Waals surface area contributed by atoms with Gasteiger partial charge in [0, 0.05) is 23.3 Å². The molecule has 0 fully saturated rings. The van der Waals surface area contributed by atoms with Gasteiger partial charge in [0.25, 0.3) is 5.91 Å². The second-order valence-corrected chi connectivity index (χ2v) is 11.7. The van der Waals surface area contributed by atoms with Crippen molar-refractivity contribution < 1.29 is 4.79 Å². The van der Waals surface area contributed by atoms with Gasteiger partial charge in [-0.25, -0.2) is 4.98 Å². The Balaban J connectivity index is 1.57. The maximum atomic E-state index is 14.3. The number of hydrogen-bond donors (Lipinski definition) is 1. The predicted molar refractivity (Wildman–Crippen MR) is 154 cm³/mol. The SMILES string of the molecule is Cc1cc(N2C(=O)c3nc(C4=CC(C(C)C)NCC4)n(C(C)C)c3C2c2ccc(Cl)cc2)cn2c(C)nnc12. The summed E-state index contributed by atoms with van der Waals surface area (Å²) in [6, 6.07) is 9.83. The summed E-state index contributed by atoms with van der Waals surface area (Å²) in [6.45, 7) is 13.6. The van der Waals surface area contributed by atoms with Crippen molar-refractivity contribution in [3.8, 4) is 0 Å². The molecule has 5 heterocycles. The molecule has 9 heteroatoms. The summed E-state index contributed by atoms with van der Waals surface area (Å²) >= 11 is 6.29. The van der Waals surface area contributed by atoms with Gasteiger partial charge in [-0.05, 0) is 81.5 Å². The maximum absolute atomic E-state index is 14.3. The van der Waals surface area contributed by atoms with E-state index in [2.05, 4.69) is 53.9 Å². The van der Waals surface area contributed by atoms with Crippen molar-refractivity contribution in [2.24, 2.45) is 5.92 Å². The number of pyridine rings is 1. The predicted octanol–water partition coefficient (Wildman–Crippen LogP) is 5.93. The fourth-order valence-electron chi connectivity index (χ4n) is 5.91. The number of imidazole rings is 1. The highest BCUT2D eigenvalue weighted by Crippen LogP contribution is 2.45. The Kier molecular flexibility index (Phi) is 6.35. The van der Waals surface area contributed by atoms with E-state index in [0.717, 1.165) is 52.8 Å². The quantitative estimate of drug-likeness (QED) is 0.337. The molecule has 39 heavy (non-hydrogen) atoms. The molecule has 1 aromatic carbocycles. The molecule has 2 unspecified atom stereocenters. The number of carbonyl (C=O) groups excluding carboxylic acids is 1. The number of rotatable bonds is 5. The molecule has 0 saturated carbocycles. The molecule has 4 aromatic rings. The maximum Gasteiger partial charge on any atom is 0.279 e. The van der Waals surface area contributed by atoms with E-state index in [4.69, 9.17) is 16.6 Å². The van der Waals surface area contributed by atoms with Gasteiger partial charge in [-0.1, -0.05) is 43.7 Å². The topological polar surface area (TPSA) is 80.4 Å². The second-order valence-electron chi connectivity index (χ2n) is 11.3. The van der Waals surface area contributed by atoms with Crippen LogP contribution in [-0.4, -0.2) is 42.6 Å². The van der Waals surface area contributed by atoms with E-state index in [1.807, 2.05) is 59.7 Å². The summed E-state index contributed by atoms with van der Waals surface area (Å²) in [5.41, 5.74) is 6.13. The van der Waals surface area contributed by atoms with Gasteiger partial charge in [0.1, 0.15) is 17.7 Å². The summed E-state index contributed by atoms with van der Waals surface area (Å²) in [7, 11) is 0.